The summed E-state index contributed by atoms with van der Waals surface area (Å²) < 4.78 is 1.84. The minimum Gasteiger partial charge on any atom is -0.338 e. The van der Waals surface area contributed by atoms with Gasteiger partial charge in [-0.05, 0) is 30.3 Å². The highest BCUT2D eigenvalue weighted by atomic mass is 35.5. The highest BCUT2D eigenvalue weighted by Gasteiger charge is 2.18. The normalized spacial score (nSPS) is 10.7. The number of rotatable bonds is 4. The van der Waals surface area contributed by atoms with Gasteiger partial charge in [-0.1, -0.05) is 35.3 Å². The van der Waals surface area contributed by atoms with Crippen molar-refractivity contribution in [1.29, 1.82) is 5.26 Å². The minimum absolute atomic E-state index is 0.422. The van der Waals surface area contributed by atoms with E-state index < -0.39 is 0 Å². The fourth-order valence-corrected chi connectivity index (χ4v) is 3.26. The van der Waals surface area contributed by atoms with Crippen molar-refractivity contribution in [3.63, 3.8) is 0 Å². The molecule has 1 N–H and O–H groups in total. The molecule has 2 aromatic carbocycles. The zero-order valence-corrected chi connectivity index (χ0v) is 15.4. The zero-order valence-electron chi connectivity index (χ0n) is 13.9. The molecule has 0 spiro atoms. The lowest BCUT2D eigenvalue weighted by atomic mass is 10.2. The number of anilines is 2. The predicted molar refractivity (Wildman–Crippen MR) is 104 cm³/mol. The van der Waals surface area contributed by atoms with Crippen LogP contribution in [0.1, 0.15) is 11.1 Å². The number of nitrogens with one attached hydrogen (secondary N) is 1. The van der Waals surface area contributed by atoms with Gasteiger partial charge in [-0.25, -0.2) is 15.0 Å². The van der Waals surface area contributed by atoms with Crippen molar-refractivity contribution in [3.8, 4) is 17.6 Å². The van der Waals surface area contributed by atoms with Crippen LogP contribution in [-0.2, 0) is 6.54 Å². The van der Waals surface area contributed by atoms with Crippen molar-refractivity contribution in [1.82, 2.24) is 19.5 Å². The molecule has 2 aliphatic heterocycles. The van der Waals surface area contributed by atoms with Crippen LogP contribution in [0, 0.1) is 11.3 Å². The number of nitriles is 1. The first-order valence-electron chi connectivity index (χ1n) is 8.01. The first kappa shape index (κ1) is 17.3. The highest BCUT2D eigenvalue weighted by Crippen LogP contribution is 2.30. The second kappa shape index (κ2) is 7.23. The highest BCUT2D eigenvalue weighted by molar-refractivity contribution is 6.36. The third kappa shape index (κ3) is 3.43. The Kier molecular flexibility index (Phi) is 4.63. The SMILES string of the molecule is N#Cc1cccc(Nc2ncn(Cc3c(Cl)cccc3Cl)c3ncnc2-3)c1. The molecule has 0 aliphatic carbocycles. The molecule has 0 radical (unpaired) electrons. The third-order valence-electron chi connectivity index (χ3n) is 4.05. The van der Waals surface area contributed by atoms with Gasteiger partial charge in [0.1, 0.15) is 6.33 Å². The average molecular weight is 395 g/mol. The Bertz CT molecular complexity index is 1110. The molecule has 0 amide bonds. The summed E-state index contributed by atoms with van der Waals surface area (Å²) in [6, 6.07) is 14.6. The van der Waals surface area contributed by atoms with Crippen molar-refractivity contribution in [3.05, 3.63) is 76.3 Å². The Balaban J connectivity index is 1.69. The van der Waals surface area contributed by atoms with Crippen LogP contribution in [0.25, 0.3) is 11.5 Å². The number of hydrogen-bond acceptors (Lipinski definition) is 5. The van der Waals surface area contributed by atoms with Gasteiger partial charge < -0.3 is 9.88 Å². The first-order chi connectivity index (χ1) is 13.2. The van der Waals surface area contributed by atoms with E-state index in [0.717, 1.165) is 11.3 Å². The van der Waals surface area contributed by atoms with E-state index in [1.54, 1.807) is 42.7 Å². The molecule has 2 aliphatic rings. The summed E-state index contributed by atoms with van der Waals surface area (Å²) >= 11 is 12.6. The maximum Gasteiger partial charge on any atom is 0.165 e. The molecule has 0 saturated carbocycles. The zero-order chi connectivity index (χ0) is 18.8. The van der Waals surface area contributed by atoms with E-state index in [1.165, 1.54) is 6.33 Å². The number of nitrogens with zero attached hydrogens (tertiary/aromatic N) is 5. The molecular weight excluding hydrogens is 383 g/mol. The van der Waals surface area contributed by atoms with Crippen molar-refractivity contribution in [2.45, 2.75) is 6.54 Å². The molecule has 4 rings (SSSR count). The maximum absolute atomic E-state index is 9.05. The molecule has 2 aromatic rings. The van der Waals surface area contributed by atoms with E-state index in [0.29, 0.717) is 39.5 Å². The first-order valence-corrected chi connectivity index (χ1v) is 8.77. The van der Waals surface area contributed by atoms with Crippen molar-refractivity contribution in [2.75, 3.05) is 5.32 Å². The Morgan fingerprint density at radius 1 is 1.04 bits per heavy atom. The summed E-state index contributed by atoms with van der Waals surface area (Å²) in [5, 5.41) is 13.4. The Labute approximate surface area is 165 Å². The third-order valence-corrected chi connectivity index (χ3v) is 4.75. The Hall–Kier alpha value is -3.14. The number of fused-ring (bicyclic) bond motifs is 1. The van der Waals surface area contributed by atoms with Gasteiger partial charge in [0.2, 0.25) is 0 Å². The van der Waals surface area contributed by atoms with Crippen molar-refractivity contribution >= 4 is 34.7 Å². The number of imidazole rings is 1. The largest absolute Gasteiger partial charge is 0.338 e. The molecule has 0 atom stereocenters. The molecule has 27 heavy (non-hydrogen) atoms. The molecule has 132 valence electrons. The van der Waals surface area contributed by atoms with Crippen LogP contribution in [0.5, 0.6) is 0 Å². The summed E-state index contributed by atoms with van der Waals surface area (Å²) in [6.07, 6.45) is 3.14. The average Bonchev–Trinajstić information content (AvgIpc) is 3.17. The molecule has 0 fully saturated rings. The van der Waals surface area contributed by atoms with Gasteiger partial charge in [0.15, 0.2) is 17.3 Å². The molecule has 0 unspecified atom stereocenters. The van der Waals surface area contributed by atoms with E-state index in [9.17, 15) is 0 Å². The smallest absolute Gasteiger partial charge is 0.165 e. The van der Waals surface area contributed by atoms with E-state index in [2.05, 4.69) is 26.3 Å². The van der Waals surface area contributed by atoms with Gasteiger partial charge in [-0.3, -0.25) is 0 Å². The molecule has 2 heterocycles. The topological polar surface area (TPSA) is 79.4 Å². The molecular formula is C19H12Cl2N6. The molecule has 6 nitrogen and oxygen atoms in total. The van der Waals surface area contributed by atoms with E-state index in [-0.39, 0.29) is 0 Å². The van der Waals surface area contributed by atoms with E-state index in [1.807, 2.05) is 10.6 Å². The van der Waals surface area contributed by atoms with Crippen LogP contribution in [-0.4, -0.2) is 19.5 Å². The van der Waals surface area contributed by atoms with Crippen molar-refractivity contribution in [2.24, 2.45) is 0 Å². The summed E-state index contributed by atoms with van der Waals surface area (Å²) in [6.45, 7) is 0.422. The lowest BCUT2D eigenvalue weighted by Crippen LogP contribution is -2.10. The number of benzene rings is 2. The van der Waals surface area contributed by atoms with Crippen LogP contribution in [0.2, 0.25) is 10.0 Å². The van der Waals surface area contributed by atoms with E-state index >= 15 is 0 Å². The quantitative estimate of drug-likeness (QED) is 0.540. The van der Waals surface area contributed by atoms with Gasteiger partial charge in [-0.15, -0.1) is 0 Å². The lowest BCUT2D eigenvalue weighted by Gasteiger charge is -2.15. The van der Waals surface area contributed by atoms with Gasteiger partial charge in [0.05, 0.1) is 24.5 Å². The van der Waals surface area contributed by atoms with Gasteiger partial charge in [-0.2, -0.15) is 5.26 Å². The van der Waals surface area contributed by atoms with Gasteiger partial charge in [0, 0.05) is 21.3 Å². The fourth-order valence-electron chi connectivity index (χ4n) is 2.74. The minimum atomic E-state index is 0.422. The summed E-state index contributed by atoms with van der Waals surface area (Å²) in [5.74, 6) is 1.21. The Morgan fingerprint density at radius 2 is 1.81 bits per heavy atom. The van der Waals surface area contributed by atoms with Gasteiger partial charge >= 0.3 is 0 Å². The predicted octanol–water partition coefficient (Wildman–Crippen LogP) is 4.75. The summed E-state index contributed by atoms with van der Waals surface area (Å²) in [7, 11) is 0. The molecule has 0 saturated heterocycles. The lowest BCUT2D eigenvalue weighted by molar-refractivity contribution is 0.762. The number of aromatic nitrogens is 4. The van der Waals surface area contributed by atoms with Crippen LogP contribution < -0.4 is 5.32 Å². The van der Waals surface area contributed by atoms with Crippen LogP contribution in [0.3, 0.4) is 0 Å². The van der Waals surface area contributed by atoms with Crippen molar-refractivity contribution < 1.29 is 0 Å². The second-order valence-electron chi connectivity index (χ2n) is 5.78. The summed E-state index contributed by atoms with van der Waals surface area (Å²) in [5.41, 5.74) is 2.71. The fraction of sp³-hybridized carbons (Fsp3) is 0.0526. The number of hydrogen-bond donors (Lipinski definition) is 1. The summed E-state index contributed by atoms with van der Waals surface area (Å²) in [4.78, 5) is 13.1. The molecule has 8 heteroatoms. The monoisotopic (exact) mass is 394 g/mol. The van der Waals surface area contributed by atoms with Crippen LogP contribution in [0.15, 0.2) is 55.1 Å². The molecule has 0 aromatic heterocycles. The maximum atomic E-state index is 9.05. The standard InChI is InChI=1S/C19H12Cl2N6/c20-15-5-2-6-16(21)14(15)9-27-11-25-18(17-19(27)24-10-23-17)26-13-4-1-3-12(7-13)8-22/h1-7,10-11,26H,9H2. The van der Waals surface area contributed by atoms with E-state index in [4.69, 9.17) is 28.5 Å². The number of halogens is 2. The Morgan fingerprint density at radius 3 is 2.59 bits per heavy atom. The molecule has 0 bridgehead atoms. The van der Waals surface area contributed by atoms with Gasteiger partial charge in [0.25, 0.3) is 0 Å². The second-order valence-corrected chi connectivity index (χ2v) is 6.60. The van der Waals surface area contributed by atoms with Crippen LogP contribution in [0.4, 0.5) is 11.5 Å². The van der Waals surface area contributed by atoms with Crippen LogP contribution >= 0.6 is 23.2 Å².